The highest BCUT2D eigenvalue weighted by atomic mass is 16.5. The van der Waals surface area contributed by atoms with Gasteiger partial charge < -0.3 is 20.1 Å². The predicted molar refractivity (Wildman–Crippen MR) is 103 cm³/mol. The number of imidazole rings is 1. The van der Waals surface area contributed by atoms with Gasteiger partial charge in [0.1, 0.15) is 11.8 Å². The third-order valence-electron chi connectivity index (χ3n) is 5.48. The fourth-order valence-electron chi connectivity index (χ4n) is 3.94. The van der Waals surface area contributed by atoms with Crippen LogP contribution >= 0.6 is 0 Å². The number of nitrogen functional groups attached to an aromatic ring is 1. The predicted octanol–water partition coefficient (Wildman–Crippen LogP) is 2.55. The number of nitrogens with two attached hydrogens (primary N) is 1. The van der Waals surface area contributed by atoms with E-state index in [-0.39, 0.29) is 5.92 Å². The number of hydrogen-bond acceptors (Lipinski definition) is 6. The first-order chi connectivity index (χ1) is 13.2. The van der Waals surface area contributed by atoms with E-state index in [1.54, 1.807) is 6.33 Å². The standard InChI is InChI=1S/C20H25N5O2/c21-18-17-19(23-13-22-18)25(14-24-17)12-20(26)9-5-4-8-16(20)11-27-10-15-6-2-1-3-7-15/h1-3,6-7,13-14,16,26H,4-5,8-12H2,(H2,21,22,23)/t16-,20-/m0/s1. The molecule has 1 fully saturated rings. The van der Waals surface area contributed by atoms with Crippen LogP contribution in [0.1, 0.15) is 31.2 Å². The van der Waals surface area contributed by atoms with E-state index < -0.39 is 5.60 Å². The molecule has 2 aromatic heterocycles. The minimum Gasteiger partial charge on any atom is -0.388 e. The minimum absolute atomic E-state index is 0.0756. The molecular weight excluding hydrogens is 342 g/mol. The summed E-state index contributed by atoms with van der Waals surface area (Å²) in [4.78, 5) is 12.6. The quantitative estimate of drug-likeness (QED) is 0.695. The molecule has 142 valence electrons. The Bertz CT molecular complexity index is 898. The van der Waals surface area contributed by atoms with E-state index in [0.717, 1.165) is 31.2 Å². The molecule has 0 aliphatic heterocycles. The largest absolute Gasteiger partial charge is 0.388 e. The van der Waals surface area contributed by atoms with E-state index in [1.807, 2.05) is 22.8 Å². The van der Waals surface area contributed by atoms with Crippen molar-refractivity contribution in [3.63, 3.8) is 0 Å². The second-order valence-corrected chi connectivity index (χ2v) is 7.35. The zero-order valence-corrected chi connectivity index (χ0v) is 15.3. The number of rotatable bonds is 6. The van der Waals surface area contributed by atoms with Gasteiger partial charge in [-0.2, -0.15) is 0 Å². The van der Waals surface area contributed by atoms with Gasteiger partial charge in [-0.1, -0.05) is 43.2 Å². The van der Waals surface area contributed by atoms with Crippen molar-refractivity contribution in [2.45, 2.75) is 44.4 Å². The summed E-state index contributed by atoms with van der Waals surface area (Å²) in [5, 5.41) is 11.4. The molecule has 1 aliphatic carbocycles. The number of aliphatic hydroxyl groups is 1. The Balaban J connectivity index is 1.47. The summed E-state index contributed by atoms with van der Waals surface area (Å²) < 4.78 is 7.83. The molecule has 3 N–H and O–H groups in total. The Morgan fingerprint density at radius 3 is 2.89 bits per heavy atom. The lowest BCUT2D eigenvalue weighted by Crippen LogP contribution is -2.46. The lowest BCUT2D eigenvalue weighted by atomic mass is 9.75. The Morgan fingerprint density at radius 2 is 2.04 bits per heavy atom. The molecule has 2 atom stereocenters. The van der Waals surface area contributed by atoms with Gasteiger partial charge in [0.25, 0.3) is 0 Å². The van der Waals surface area contributed by atoms with Gasteiger partial charge in [-0.15, -0.1) is 0 Å². The van der Waals surface area contributed by atoms with E-state index in [0.29, 0.717) is 36.7 Å². The van der Waals surface area contributed by atoms with Gasteiger partial charge in [-0.3, -0.25) is 0 Å². The van der Waals surface area contributed by atoms with E-state index in [1.165, 1.54) is 6.33 Å². The van der Waals surface area contributed by atoms with Gasteiger partial charge in [-0.05, 0) is 18.4 Å². The molecule has 7 heteroatoms. The van der Waals surface area contributed by atoms with Crippen LogP contribution in [0.3, 0.4) is 0 Å². The molecule has 1 saturated carbocycles. The van der Waals surface area contributed by atoms with Crippen molar-refractivity contribution in [3.05, 3.63) is 48.5 Å². The second kappa shape index (κ2) is 7.62. The minimum atomic E-state index is -0.845. The summed E-state index contributed by atoms with van der Waals surface area (Å²) >= 11 is 0. The Morgan fingerprint density at radius 1 is 1.19 bits per heavy atom. The molecule has 7 nitrogen and oxygen atoms in total. The molecule has 1 aliphatic rings. The van der Waals surface area contributed by atoms with Crippen molar-refractivity contribution < 1.29 is 9.84 Å². The molecule has 0 unspecified atom stereocenters. The number of benzene rings is 1. The molecule has 0 spiro atoms. The summed E-state index contributed by atoms with van der Waals surface area (Å²) in [6, 6.07) is 10.1. The van der Waals surface area contributed by atoms with Gasteiger partial charge in [0, 0.05) is 5.92 Å². The van der Waals surface area contributed by atoms with E-state index in [4.69, 9.17) is 10.5 Å². The van der Waals surface area contributed by atoms with Gasteiger partial charge in [0.15, 0.2) is 11.5 Å². The van der Waals surface area contributed by atoms with Gasteiger partial charge in [0.05, 0.1) is 31.7 Å². The van der Waals surface area contributed by atoms with Crippen LogP contribution in [0.4, 0.5) is 5.82 Å². The normalized spacial score (nSPS) is 22.9. The molecule has 2 heterocycles. The molecular formula is C20H25N5O2. The third kappa shape index (κ3) is 3.79. The first-order valence-electron chi connectivity index (χ1n) is 9.41. The third-order valence-corrected chi connectivity index (χ3v) is 5.48. The van der Waals surface area contributed by atoms with Crippen molar-refractivity contribution in [3.8, 4) is 0 Å². The van der Waals surface area contributed by atoms with Crippen molar-refractivity contribution >= 4 is 17.0 Å². The van der Waals surface area contributed by atoms with E-state index >= 15 is 0 Å². The highest BCUT2D eigenvalue weighted by Gasteiger charge is 2.39. The second-order valence-electron chi connectivity index (χ2n) is 7.35. The lowest BCUT2D eigenvalue weighted by Gasteiger charge is -2.40. The summed E-state index contributed by atoms with van der Waals surface area (Å²) in [6.45, 7) is 1.53. The van der Waals surface area contributed by atoms with Crippen LogP contribution in [0.2, 0.25) is 0 Å². The summed E-state index contributed by atoms with van der Waals surface area (Å²) in [7, 11) is 0. The highest BCUT2D eigenvalue weighted by Crippen LogP contribution is 2.36. The van der Waals surface area contributed by atoms with Gasteiger partial charge in [-0.25, -0.2) is 15.0 Å². The Kier molecular flexibility index (Phi) is 5.05. The average Bonchev–Trinajstić information content (AvgIpc) is 3.08. The van der Waals surface area contributed by atoms with Crippen LogP contribution in [-0.4, -0.2) is 36.8 Å². The molecule has 4 rings (SSSR count). The topological polar surface area (TPSA) is 99.1 Å². The summed E-state index contributed by atoms with van der Waals surface area (Å²) in [5.41, 5.74) is 7.41. The van der Waals surface area contributed by atoms with Crippen LogP contribution in [-0.2, 0) is 17.9 Å². The summed E-state index contributed by atoms with van der Waals surface area (Å²) in [5.74, 6) is 0.434. The first kappa shape index (κ1) is 17.9. The maximum Gasteiger partial charge on any atom is 0.165 e. The van der Waals surface area contributed by atoms with Crippen LogP contribution in [0.25, 0.3) is 11.2 Å². The van der Waals surface area contributed by atoms with Gasteiger partial charge >= 0.3 is 0 Å². The molecule has 0 saturated heterocycles. The number of aromatic nitrogens is 4. The molecule has 1 aromatic carbocycles. The van der Waals surface area contributed by atoms with E-state index in [2.05, 4.69) is 27.1 Å². The van der Waals surface area contributed by atoms with Crippen molar-refractivity contribution in [1.82, 2.24) is 19.5 Å². The Labute approximate surface area is 158 Å². The number of ether oxygens (including phenoxy) is 1. The molecule has 3 aromatic rings. The maximum atomic E-state index is 11.4. The number of nitrogens with zero attached hydrogens (tertiary/aromatic N) is 4. The monoisotopic (exact) mass is 367 g/mol. The van der Waals surface area contributed by atoms with E-state index in [9.17, 15) is 5.11 Å². The van der Waals surface area contributed by atoms with Crippen LogP contribution < -0.4 is 5.73 Å². The molecule has 27 heavy (non-hydrogen) atoms. The molecule has 0 radical (unpaired) electrons. The number of anilines is 1. The van der Waals surface area contributed by atoms with Crippen LogP contribution in [0, 0.1) is 5.92 Å². The molecule has 0 amide bonds. The maximum absolute atomic E-state index is 11.4. The fraction of sp³-hybridized carbons (Fsp3) is 0.450. The summed E-state index contributed by atoms with van der Waals surface area (Å²) in [6.07, 6.45) is 6.93. The zero-order chi connectivity index (χ0) is 18.7. The van der Waals surface area contributed by atoms with Crippen LogP contribution in [0.5, 0.6) is 0 Å². The average molecular weight is 367 g/mol. The first-order valence-corrected chi connectivity index (χ1v) is 9.41. The van der Waals surface area contributed by atoms with Gasteiger partial charge in [0.2, 0.25) is 0 Å². The number of fused-ring (bicyclic) bond motifs is 1. The van der Waals surface area contributed by atoms with Crippen molar-refractivity contribution in [2.75, 3.05) is 12.3 Å². The fourth-order valence-corrected chi connectivity index (χ4v) is 3.94. The smallest absolute Gasteiger partial charge is 0.165 e. The van der Waals surface area contributed by atoms with Crippen LogP contribution in [0.15, 0.2) is 43.0 Å². The molecule has 0 bridgehead atoms. The van der Waals surface area contributed by atoms with Crippen molar-refractivity contribution in [1.29, 1.82) is 0 Å². The number of hydrogen-bond donors (Lipinski definition) is 2. The Hall–Kier alpha value is -2.51. The zero-order valence-electron chi connectivity index (χ0n) is 15.3. The SMILES string of the molecule is Nc1ncnc2c1ncn2C[C@@]1(O)CCCC[C@H]1COCc1ccccc1. The highest BCUT2D eigenvalue weighted by molar-refractivity contribution is 5.81. The van der Waals surface area contributed by atoms with Crippen molar-refractivity contribution in [2.24, 2.45) is 5.92 Å². The lowest BCUT2D eigenvalue weighted by molar-refractivity contribution is -0.0917.